The molecule has 1 fully saturated rings. The number of hydrogen-bond acceptors (Lipinski definition) is 6. The molecule has 0 aliphatic carbocycles. The van der Waals surface area contributed by atoms with Crippen molar-refractivity contribution in [3.63, 3.8) is 0 Å². The predicted octanol–water partition coefficient (Wildman–Crippen LogP) is 3.69. The van der Waals surface area contributed by atoms with Crippen molar-refractivity contribution in [2.24, 2.45) is 0 Å². The minimum atomic E-state index is -4.64. The van der Waals surface area contributed by atoms with Gasteiger partial charge in [-0.1, -0.05) is 13.0 Å². The summed E-state index contributed by atoms with van der Waals surface area (Å²) < 4.78 is 78.8. The fourth-order valence-electron chi connectivity index (χ4n) is 3.67. The number of benzene rings is 1. The molecule has 3 rings (SSSR count). The topological polar surface area (TPSA) is 87.2 Å². The molecule has 1 aliphatic rings. The van der Waals surface area contributed by atoms with Crippen molar-refractivity contribution in [2.45, 2.75) is 38.7 Å². The lowest BCUT2D eigenvalue weighted by Gasteiger charge is -2.34. The van der Waals surface area contributed by atoms with Crippen LogP contribution in [0.15, 0.2) is 24.3 Å². The van der Waals surface area contributed by atoms with Gasteiger partial charge in [0.1, 0.15) is 6.17 Å². The number of anilines is 2. The van der Waals surface area contributed by atoms with Gasteiger partial charge in [-0.05, 0) is 37.2 Å². The van der Waals surface area contributed by atoms with Gasteiger partial charge in [0.2, 0.25) is 10.0 Å². The van der Waals surface area contributed by atoms with Gasteiger partial charge in [-0.15, -0.1) is 10.2 Å². The maximum absolute atomic E-state index is 14.0. The molecule has 7 nitrogen and oxygen atoms in total. The van der Waals surface area contributed by atoms with Crippen molar-refractivity contribution in [1.29, 1.82) is 0 Å². The summed E-state index contributed by atoms with van der Waals surface area (Å²) in [7, 11) is -3.84. The third-order valence-corrected chi connectivity index (χ3v) is 5.76. The van der Waals surface area contributed by atoms with Crippen LogP contribution in [0.5, 0.6) is 0 Å². The van der Waals surface area contributed by atoms with Gasteiger partial charge in [-0.3, -0.25) is 9.62 Å². The van der Waals surface area contributed by atoms with Crippen LogP contribution in [0.3, 0.4) is 0 Å². The molecule has 32 heavy (non-hydrogen) atoms. The zero-order valence-electron chi connectivity index (χ0n) is 17.9. The maximum atomic E-state index is 14.0. The first kappa shape index (κ1) is 24.2. The number of likely N-dealkylation sites (tertiary alicyclic amines) is 1. The van der Waals surface area contributed by atoms with Crippen molar-refractivity contribution in [2.75, 3.05) is 35.9 Å². The lowest BCUT2D eigenvalue weighted by molar-refractivity contribution is -0.137. The molecule has 2 heterocycles. The number of alkyl halides is 4. The average Bonchev–Trinajstić information content (AvgIpc) is 2.67. The molecule has 0 amide bonds. The summed E-state index contributed by atoms with van der Waals surface area (Å²) in [5.74, 6) is 0.438. The largest absolute Gasteiger partial charge is 0.416 e. The third-order valence-electron chi connectivity index (χ3n) is 5.17. The van der Waals surface area contributed by atoms with E-state index in [0.29, 0.717) is 30.9 Å². The Hall–Kier alpha value is -2.47. The average molecular weight is 476 g/mol. The van der Waals surface area contributed by atoms with E-state index in [1.165, 1.54) is 0 Å². The summed E-state index contributed by atoms with van der Waals surface area (Å²) in [4.78, 5) is 1.99. The van der Waals surface area contributed by atoms with Crippen molar-refractivity contribution < 1.29 is 26.0 Å². The number of sulfonamides is 1. The Balaban J connectivity index is 1.91. The van der Waals surface area contributed by atoms with E-state index in [0.717, 1.165) is 31.0 Å². The number of nitrogens with zero attached hydrogens (tertiary/aromatic N) is 3. The molecule has 2 aromatic rings. The van der Waals surface area contributed by atoms with Crippen LogP contribution < -0.4 is 10.0 Å². The molecule has 2 N–H and O–H groups in total. The van der Waals surface area contributed by atoms with E-state index in [-0.39, 0.29) is 23.0 Å². The van der Waals surface area contributed by atoms with Crippen LogP contribution in [0.4, 0.5) is 29.1 Å². The summed E-state index contributed by atoms with van der Waals surface area (Å²) in [6.07, 6.45) is -4.41. The Morgan fingerprint density at radius 3 is 2.50 bits per heavy atom. The van der Waals surface area contributed by atoms with E-state index in [9.17, 15) is 26.0 Å². The van der Waals surface area contributed by atoms with Gasteiger partial charge in [-0.25, -0.2) is 12.8 Å². The molecule has 1 aromatic carbocycles. The number of rotatable bonds is 6. The van der Waals surface area contributed by atoms with E-state index in [4.69, 9.17) is 0 Å². The van der Waals surface area contributed by atoms with Crippen LogP contribution in [0.25, 0.3) is 11.3 Å². The Labute approximate surface area is 184 Å². The molecule has 1 saturated heterocycles. The quantitative estimate of drug-likeness (QED) is 0.620. The zero-order valence-corrected chi connectivity index (χ0v) is 18.7. The second-order valence-electron chi connectivity index (χ2n) is 7.92. The molecular weight excluding hydrogens is 450 g/mol. The minimum absolute atomic E-state index is 0.157. The van der Waals surface area contributed by atoms with E-state index >= 15 is 0 Å². The summed E-state index contributed by atoms with van der Waals surface area (Å²) in [5, 5.41) is 11.4. The first-order valence-electron chi connectivity index (χ1n) is 10.0. The highest BCUT2D eigenvalue weighted by atomic mass is 32.2. The van der Waals surface area contributed by atoms with Gasteiger partial charge in [-0.2, -0.15) is 13.2 Å². The fraction of sp³-hybridized carbons (Fsp3) is 0.500. The molecular formula is C20H25F4N5O2S. The number of aryl methyl sites for hydroxylation is 1. The molecule has 12 heteroatoms. The maximum Gasteiger partial charge on any atom is 0.416 e. The van der Waals surface area contributed by atoms with E-state index < -0.39 is 27.9 Å². The SMILES string of the molecule is CCN1C[C@H](F)C[C@@H](Nc2nnc(-c3ccc(C(F)(F)F)cc3NS(C)(=O)=O)cc2C)C1. The van der Waals surface area contributed by atoms with E-state index in [2.05, 4.69) is 20.2 Å². The normalized spacial score (nSPS) is 20.2. The molecule has 0 spiro atoms. The van der Waals surface area contributed by atoms with Crippen LogP contribution in [-0.4, -0.2) is 61.6 Å². The first-order valence-corrected chi connectivity index (χ1v) is 11.9. The Kier molecular flexibility index (Phi) is 6.94. The van der Waals surface area contributed by atoms with E-state index in [1.807, 2.05) is 11.8 Å². The van der Waals surface area contributed by atoms with Gasteiger partial charge >= 0.3 is 6.18 Å². The fourth-order valence-corrected chi connectivity index (χ4v) is 4.24. The summed E-state index contributed by atoms with van der Waals surface area (Å²) in [6.45, 7) is 5.47. The highest BCUT2D eigenvalue weighted by Crippen LogP contribution is 2.36. The van der Waals surface area contributed by atoms with Crippen molar-refractivity contribution in [3.8, 4) is 11.3 Å². The predicted molar refractivity (Wildman–Crippen MR) is 115 cm³/mol. The first-order chi connectivity index (χ1) is 14.9. The number of aromatic nitrogens is 2. The lowest BCUT2D eigenvalue weighted by Crippen LogP contribution is -2.47. The van der Waals surface area contributed by atoms with E-state index in [1.54, 1.807) is 13.0 Å². The molecule has 0 radical (unpaired) electrons. The number of hydrogen-bond donors (Lipinski definition) is 2. The highest BCUT2D eigenvalue weighted by molar-refractivity contribution is 7.92. The molecule has 1 aromatic heterocycles. The standard InChI is InChI=1S/C20H25F4N5O2S/c1-4-29-10-14(21)9-15(11-29)25-19-12(2)7-17(26-27-19)16-6-5-13(20(22,23)24)8-18(16)28-32(3,30)31/h5-8,14-15,28H,4,9-11H2,1-3H3,(H,25,27)/t14-,15-/m1/s1. The second kappa shape index (κ2) is 9.18. The Morgan fingerprint density at radius 1 is 1.19 bits per heavy atom. The van der Waals surface area contributed by atoms with Gasteiger partial charge in [0.05, 0.1) is 23.2 Å². The third kappa shape index (κ3) is 6.06. The van der Waals surface area contributed by atoms with Crippen LogP contribution in [0, 0.1) is 6.92 Å². The smallest absolute Gasteiger partial charge is 0.364 e. The Bertz CT molecular complexity index is 1080. The zero-order chi connectivity index (χ0) is 23.7. The monoisotopic (exact) mass is 475 g/mol. The van der Waals surface area contributed by atoms with Crippen molar-refractivity contribution in [3.05, 3.63) is 35.4 Å². The van der Waals surface area contributed by atoms with Crippen LogP contribution >= 0.6 is 0 Å². The number of halogens is 4. The molecule has 2 atom stereocenters. The van der Waals surface area contributed by atoms with Crippen LogP contribution in [0.2, 0.25) is 0 Å². The summed E-state index contributed by atoms with van der Waals surface area (Å²) in [6, 6.07) is 4.17. The molecule has 0 bridgehead atoms. The van der Waals surface area contributed by atoms with Crippen molar-refractivity contribution in [1.82, 2.24) is 15.1 Å². The summed E-state index contributed by atoms with van der Waals surface area (Å²) in [5.41, 5.74) is -0.236. The lowest BCUT2D eigenvalue weighted by atomic mass is 10.0. The van der Waals surface area contributed by atoms with Crippen molar-refractivity contribution >= 4 is 21.5 Å². The highest BCUT2D eigenvalue weighted by Gasteiger charge is 2.32. The van der Waals surface area contributed by atoms with Gasteiger partial charge < -0.3 is 5.32 Å². The van der Waals surface area contributed by atoms with Gasteiger partial charge in [0.25, 0.3) is 0 Å². The molecule has 0 saturated carbocycles. The number of piperidine rings is 1. The summed E-state index contributed by atoms with van der Waals surface area (Å²) >= 11 is 0. The van der Waals surface area contributed by atoms with Crippen LogP contribution in [-0.2, 0) is 16.2 Å². The van der Waals surface area contributed by atoms with Gasteiger partial charge in [0, 0.05) is 31.1 Å². The Morgan fingerprint density at radius 2 is 1.91 bits per heavy atom. The molecule has 176 valence electrons. The molecule has 0 unspecified atom stereocenters. The number of likely N-dealkylation sites (N-methyl/N-ethyl adjacent to an activating group) is 1. The molecule has 1 aliphatic heterocycles. The minimum Gasteiger partial charge on any atom is -0.364 e. The number of nitrogens with one attached hydrogen (secondary N) is 2. The second-order valence-corrected chi connectivity index (χ2v) is 9.67. The van der Waals surface area contributed by atoms with Crippen LogP contribution in [0.1, 0.15) is 24.5 Å². The van der Waals surface area contributed by atoms with Gasteiger partial charge in [0.15, 0.2) is 5.82 Å².